The molecule has 1 fully saturated rings. The zero-order chi connectivity index (χ0) is 21.5. The summed E-state index contributed by atoms with van der Waals surface area (Å²) in [5, 5.41) is 3.66. The molecule has 1 unspecified atom stereocenters. The van der Waals surface area contributed by atoms with E-state index in [0.29, 0.717) is 25.2 Å². The molecular formula is C24H28ClN5O3. The molecule has 3 aromatic rings. The van der Waals surface area contributed by atoms with Crippen molar-refractivity contribution >= 4 is 23.4 Å². The van der Waals surface area contributed by atoms with Crippen molar-refractivity contribution in [1.82, 2.24) is 24.8 Å². The van der Waals surface area contributed by atoms with E-state index in [1.165, 1.54) is 5.56 Å². The summed E-state index contributed by atoms with van der Waals surface area (Å²) < 4.78 is 13.1. The molecule has 9 heteroatoms. The number of rotatable bonds is 5. The van der Waals surface area contributed by atoms with E-state index >= 15 is 0 Å². The Balaban J connectivity index is 0.00000228. The summed E-state index contributed by atoms with van der Waals surface area (Å²) in [5.41, 5.74) is 4.25. The third-order valence-electron chi connectivity index (χ3n) is 6.87. The molecule has 0 aliphatic carbocycles. The molecule has 6 heterocycles. The highest BCUT2D eigenvalue weighted by Gasteiger charge is 2.29. The van der Waals surface area contributed by atoms with E-state index in [9.17, 15) is 4.79 Å². The van der Waals surface area contributed by atoms with Crippen LogP contribution in [-0.2, 0) is 13.1 Å². The number of likely N-dealkylation sites (tertiary alicyclic amines) is 1. The SMILES string of the molecule is Cl.O=c1ccc2nccc3c2n1CC3CN1CCC(NCc2cc3c(cn2)OCCO3)CC1. The van der Waals surface area contributed by atoms with Gasteiger partial charge in [0, 0.05) is 49.9 Å². The van der Waals surface area contributed by atoms with Gasteiger partial charge in [0.05, 0.1) is 22.9 Å². The lowest BCUT2D eigenvalue weighted by Gasteiger charge is -2.34. The lowest BCUT2D eigenvalue weighted by molar-refractivity contribution is 0.170. The van der Waals surface area contributed by atoms with Gasteiger partial charge in [-0.25, -0.2) is 0 Å². The highest BCUT2D eigenvalue weighted by atomic mass is 35.5. The van der Waals surface area contributed by atoms with E-state index in [0.717, 1.165) is 73.8 Å². The van der Waals surface area contributed by atoms with E-state index in [1.54, 1.807) is 12.3 Å². The minimum atomic E-state index is 0. The third-order valence-corrected chi connectivity index (χ3v) is 6.87. The summed E-state index contributed by atoms with van der Waals surface area (Å²) in [6.45, 7) is 5.76. The van der Waals surface area contributed by atoms with Gasteiger partial charge in [0.2, 0.25) is 0 Å². The van der Waals surface area contributed by atoms with Crippen molar-refractivity contribution in [2.75, 3.05) is 32.8 Å². The molecule has 3 aliphatic rings. The molecule has 3 aromatic heterocycles. The molecule has 0 saturated carbocycles. The number of hydrogen-bond donors (Lipinski definition) is 1. The summed E-state index contributed by atoms with van der Waals surface area (Å²) in [6.07, 6.45) is 5.84. The lowest BCUT2D eigenvalue weighted by atomic mass is 9.98. The molecule has 1 N–H and O–H groups in total. The minimum Gasteiger partial charge on any atom is -0.486 e. The molecule has 1 atom stereocenters. The van der Waals surface area contributed by atoms with Gasteiger partial charge in [-0.3, -0.25) is 14.8 Å². The summed E-state index contributed by atoms with van der Waals surface area (Å²) in [6, 6.07) is 8.02. The molecule has 3 aliphatic heterocycles. The smallest absolute Gasteiger partial charge is 0.251 e. The maximum atomic E-state index is 12.3. The predicted octanol–water partition coefficient (Wildman–Crippen LogP) is 2.34. The first-order valence-corrected chi connectivity index (χ1v) is 11.4. The van der Waals surface area contributed by atoms with Crippen molar-refractivity contribution in [3.05, 3.63) is 58.3 Å². The number of fused-ring (bicyclic) bond motifs is 1. The van der Waals surface area contributed by atoms with Crippen LogP contribution in [0.3, 0.4) is 0 Å². The second-order valence-corrected chi connectivity index (χ2v) is 8.89. The topological polar surface area (TPSA) is 81.5 Å². The van der Waals surface area contributed by atoms with Gasteiger partial charge in [0.15, 0.2) is 11.5 Å². The molecule has 6 rings (SSSR count). The van der Waals surface area contributed by atoms with Gasteiger partial charge in [-0.05, 0) is 43.6 Å². The van der Waals surface area contributed by atoms with Crippen LogP contribution < -0.4 is 20.3 Å². The Morgan fingerprint density at radius 3 is 2.73 bits per heavy atom. The van der Waals surface area contributed by atoms with E-state index < -0.39 is 0 Å². The molecule has 1 saturated heterocycles. The summed E-state index contributed by atoms with van der Waals surface area (Å²) in [5.74, 6) is 1.87. The number of ether oxygens (including phenoxy) is 2. The van der Waals surface area contributed by atoms with E-state index in [2.05, 4.69) is 26.3 Å². The van der Waals surface area contributed by atoms with Crippen LogP contribution in [-0.4, -0.2) is 58.3 Å². The molecule has 0 radical (unpaired) electrons. The van der Waals surface area contributed by atoms with E-state index in [1.807, 2.05) is 22.9 Å². The van der Waals surface area contributed by atoms with E-state index in [-0.39, 0.29) is 18.0 Å². The highest BCUT2D eigenvalue weighted by Crippen LogP contribution is 2.33. The first-order valence-electron chi connectivity index (χ1n) is 11.4. The standard InChI is InChI=1S/C24H27N5O3.ClH/c30-23-2-1-20-24-19(3-6-25-20)16(15-29(23)24)14-28-7-4-17(5-8-28)26-12-18-11-21-22(13-27-18)32-10-9-31-21;/h1-3,6,11,13,16-17,26H,4-5,7-10,12,14-15H2;1H. The summed E-state index contributed by atoms with van der Waals surface area (Å²) in [4.78, 5) is 23.8. The quantitative estimate of drug-likeness (QED) is 0.614. The fourth-order valence-electron chi connectivity index (χ4n) is 5.20. The van der Waals surface area contributed by atoms with Gasteiger partial charge >= 0.3 is 0 Å². The Hall–Kier alpha value is -2.68. The number of nitrogens with one attached hydrogen (secondary N) is 1. The Labute approximate surface area is 198 Å². The van der Waals surface area contributed by atoms with Crippen LogP contribution in [0.4, 0.5) is 0 Å². The first kappa shape index (κ1) is 22.1. The Morgan fingerprint density at radius 1 is 1.06 bits per heavy atom. The number of piperidine rings is 1. The van der Waals surface area contributed by atoms with Crippen LogP contribution >= 0.6 is 12.4 Å². The average molecular weight is 470 g/mol. The lowest BCUT2D eigenvalue weighted by Crippen LogP contribution is -2.43. The number of halogens is 1. The van der Waals surface area contributed by atoms with Crippen molar-refractivity contribution in [2.24, 2.45) is 0 Å². The van der Waals surface area contributed by atoms with Crippen LogP contribution in [0.2, 0.25) is 0 Å². The minimum absolute atomic E-state index is 0. The van der Waals surface area contributed by atoms with Crippen LogP contribution in [0.25, 0.3) is 11.0 Å². The van der Waals surface area contributed by atoms with Gasteiger partial charge in [-0.2, -0.15) is 0 Å². The average Bonchev–Trinajstić information content (AvgIpc) is 3.21. The Morgan fingerprint density at radius 2 is 1.88 bits per heavy atom. The van der Waals surface area contributed by atoms with Crippen molar-refractivity contribution in [1.29, 1.82) is 0 Å². The fourth-order valence-corrected chi connectivity index (χ4v) is 5.20. The summed E-state index contributed by atoms with van der Waals surface area (Å²) >= 11 is 0. The van der Waals surface area contributed by atoms with Crippen LogP contribution in [0.15, 0.2) is 41.5 Å². The zero-order valence-corrected chi connectivity index (χ0v) is 19.2. The van der Waals surface area contributed by atoms with Crippen molar-refractivity contribution < 1.29 is 9.47 Å². The second kappa shape index (κ2) is 9.29. The number of hydrogen-bond acceptors (Lipinski definition) is 7. The molecule has 0 aromatic carbocycles. The van der Waals surface area contributed by atoms with Gasteiger partial charge in [0.25, 0.3) is 5.56 Å². The largest absolute Gasteiger partial charge is 0.486 e. The fraction of sp³-hybridized carbons (Fsp3) is 0.458. The maximum Gasteiger partial charge on any atom is 0.251 e. The van der Waals surface area contributed by atoms with Crippen molar-refractivity contribution in [3.8, 4) is 11.5 Å². The Bertz CT molecular complexity index is 1210. The molecule has 33 heavy (non-hydrogen) atoms. The van der Waals surface area contributed by atoms with Crippen LogP contribution in [0.5, 0.6) is 11.5 Å². The van der Waals surface area contributed by atoms with Gasteiger partial charge < -0.3 is 24.3 Å². The number of nitrogens with zero attached hydrogens (tertiary/aromatic N) is 4. The van der Waals surface area contributed by atoms with Crippen LogP contribution in [0.1, 0.15) is 30.0 Å². The Kier molecular flexibility index (Phi) is 6.23. The molecule has 0 amide bonds. The number of aromatic nitrogens is 3. The van der Waals surface area contributed by atoms with Crippen molar-refractivity contribution in [3.63, 3.8) is 0 Å². The third kappa shape index (κ3) is 4.30. The van der Waals surface area contributed by atoms with Gasteiger partial charge in [-0.1, -0.05) is 0 Å². The monoisotopic (exact) mass is 469 g/mol. The van der Waals surface area contributed by atoms with E-state index in [4.69, 9.17) is 9.47 Å². The normalized spacial score (nSPS) is 20.1. The predicted molar refractivity (Wildman–Crippen MR) is 128 cm³/mol. The van der Waals surface area contributed by atoms with Gasteiger partial charge in [-0.15, -0.1) is 12.4 Å². The number of pyridine rings is 3. The highest BCUT2D eigenvalue weighted by molar-refractivity contribution is 5.85. The van der Waals surface area contributed by atoms with Crippen LogP contribution in [0, 0.1) is 0 Å². The zero-order valence-electron chi connectivity index (χ0n) is 18.4. The first-order chi connectivity index (χ1) is 15.7. The van der Waals surface area contributed by atoms with Gasteiger partial charge in [0.1, 0.15) is 13.2 Å². The second-order valence-electron chi connectivity index (χ2n) is 8.89. The molecule has 8 nitrogen and oxygen atoms in total. The molecular weight excluding hydrogens is 442 g/mol. The molecule has 0 spiro atoms. The molecule has 0 bridgehead atoms. The molecule has 174 valence electrons. The maximum absolute atomic E-state index is 12.3. The van der Waals surface area contributed by atoms with Crippen molar-refractivity contribution in [2.45, 2.75) is 37.9 Å². The summed E-state index contributed by atoms with van der Waals surface area (Å²) in [7, 11) is 0.